The molecular weight excluding hydrogens is 306 g/mol. The second kappa shape index (κ2) is 6.10. The van der Waals surface area contributed by atoms with Crippen LogP contribution in [0.2, 0.25) is 0 Å². The third-order valence-corrected chi connectivity index (χ3v) is 4.12. The maximum absolute atomic E-state index is 12.3. The number of aromatic nitrogens is 2. The van der Waals surface area contributed by atoms with Gasteiger partial charge in [0.25, 0.3) is 11.7 Å². The summed E-state index contributed by atoms with van der Waals surface area (Å²) in [7, 11) is 2.95. The third-order valence-electron chi connectivity index (χ3n) is 3.23. The summed E-state index contributed by atoms with van der Waals surface area (Å²) in [6, 6.07) is 1.55. The molecule has 0 aliphatic heterocycles. The molecule has 1 N–H and O–H groups in total. The van der Waals surface area contributed by atoms with Crippen molar-refractivity contribution in [2.45, 2.75) is 13.8 Å². The molecule has 2 rings (SSSR count). The average Bonchev–Trinajstić information content (AvgIpc) is 3.03. The molecule has 116 valence electrons. The lowest BCUT2D eigenvalue weighted by Gasteiger charge is -2.05. The second-order valence-corrected chi connectivity index (χ2v) is 5.52. The van der Waals surface area contributed by atoms with Gasteiger partial charge >= 0.3 is 5.97 Å². The average molecular weight is 321 g/mol. The first-order valence-corrected chi connectivity index (χ1v) is 7.26. The van der Waals surface area contributed by atoms with Gasteiger partial charge in [-0.15, -0.1) is 11.3 Å². The molecule has 0 aliphatic carbocycles. The Morgan fingerprint density at radius 1 is 1.32 bits per heavy atom. The maximum atomic E-state index is 12.3. The van der Waals surface area contributed by atoms with Crippen LogP contribution in [0.3, 0.4) is 0 Å². The van der Waals surface area contributed by atoms with Gasteiger partial charge in [-0.25, -0.2) is 4.79 Å². The number of methoxy groups -OCH3 is 1. The minimum Gasteiger partial charge on any atom is -0.465 e. The van der Waals surface area contributed by atoms with Gasteiger partial charge < -0.3 is 10.1 Å². The molecule has 0 radical (unpaired) electrons. The molecule has 7 nitrogen and oxygen atoms in total. The molecule has 0 spiro atoms. The Morgan fingerprint density at radius 2 is 2.00 bits per heavy atom. The zero-order chi connectivity index (χ0) is 16.4. The van der Waals surface area contributed by atoms with Crippen LogP contribution < -0.4 is 5.32 Å². The molecule has 2 heterocycles. The number of rotatable bonds is 4. The van der Waals surface area contributed by atoms with Crippen LogP contribution in [0.1, 0.15) is 31.4 Å². The molecule has 2 aromatic heterocycles. The Morgan fingerprint density at radius 3 is 2.55 bits per heavy atom. The van der Waals surface area contributed by atoms with Crippen LogP contribution >= 0.6 is 11.3 Å². The van der Waals surface area contributed by atoms with Gasteiger partial charge in [-0.2, -0.15) is 5.10 Å². The van der Waals surface area contributed by atoms with Crippen LogP contribution in [0.5, 0.6) is 0 Å². The van der Waals surface area contributed by atoms with Crippen molar-refractivity contribution >= 4 is 34.7 Å². The Bertz CT molecular complexity index is 760. The summed E-state index contributed by atoms with van der Waals surface area (Å²) in [4.78, 5) is 36.2. The Labute approximate surface area is 130 Å². The largest absolute Gasteiger partial charge is 0.465 e. The number of amides is 1. The van der Waals surface area contributed by atoms with Crippen molar-refractivity contribution in [3.8, 4) is 0 Å². The summed E-state index contributed by atoms with van der Waals surface area (Å²) in [5, 5.41) is 8.20. The van der Waals surface area contributed by atoms with E-state index in [-0.39, 0.29) is 16.1 Å². The molecule has 0 bridgehead atoms. The summed E-state index contributed by atoms with van der Waals surface area (Å²) in [6.45, 7) is 3.38. The number of ether oxygens (including phenoxy) is 1. The Kier molecular flexibility index (Phi) is 4.41. The summed E-state index contributed by atoms with van der Waals surface area (Å²) in [5.74, 6) is -2.07. The fourth-order valence-corrected chi connectivity index (χ4v) is 2.82. The van der Waals surface area contributed by atoms with Gasteiger partial charge in [-0.1, -0.05) is 0 Å². The molecule has 2 aromatic rings. The number of Topliss-reactive ketones (excluding diaryl/α,β-unsaturated/α-hetero) is 1. The van der Waals surface area contributed by atoms with Gasteiger partial charge in [0.1, 0.15) is 4.88 Å². The van der Waals surface area contributed by atoms with E-state index in [0.717, 1.165) is 11.3 Å². The third kappa shape index (κ3) is 2.77. The first-order valence-electron chi connectivity index (χ1n) is 6.38. The fourth-order valence-electron chi connectivity index (χ4n) is 2.05. The van der Waals surface area contributed by atoms with Gasteiger partial charge in [-0.05, 0) is 25.3 Å². The number of carbonyl (C=O) groups is 3. The van der Waals surface area contributed by atoms with E-state index in [0.29, 0.717) is 11.4 Å². The Balaban J connectivity index is 2.25. The normalized spacial score (nSPS) is 10.4. The number of esters is 1. The number of anilines is 1. The molecule has 0 fully saturated rings. The van der Waals surface area contributed by atoms with Crippen LogP contribution in [-0.2, 0) is 16.6 Å². The molecule has 22 heavy (non-hydrogen) atoms. The van der Waals surface area contributed by atoms with E-state index in [2.05, 4.69) is 15.2 Å². The highest BCUT2D eigenvalue weighted by Crippen LogP contribution is 2.23. The summed E-state index contributed by atoms with van der Waals surface area (Å²) in [6.07, 6.45) is 0. The monoisotopic (exact) mass is 321 g/mol. The minimum absolute atomic E-state index is 0.239. The summed E-state index contributed by atoms with van der Waals surface area (Å²) >= 11 is 1.13. The van der Waals surface area contributed by atoms with Crippen molar-refractivity contribution < 1.29 is 19.1 Å². The summed E-state index contributed by atoms with van der Waals surface area (Å²) < 4.78 is 6.17. The quantitative estimate of drug-likeness (QED) is 0.526. The van der Waals surface area contributed by atoms with Gasteiger partial charge in [0.15, 0.2) is 0 Å². The molecule has 8 heteroatoms. The van der Waals surface area contributed by atoms with Crippen molar-refractivity contribution in [1.82, 2.24) is 9.78 Å². The fraction of sp³-hybridized carbons (Fsp3) is 0.286. The van der Waals surface area contributed by atoms with E-state index < -0.39 is 17.7 Å². The van der Waals surface area contributed by atoms with Crippen molar-refractivity contribution in [3.63, 3.8) is 0 Å². The molecule has 0 aromatic carbocycles. The van der Waals surface area contributed by atoms with Gasteiger partial charge in [-0.3, -0.25) is 14.3 Å². The van der Waals surface area contributed by atoms with E-state index in [1.54, 1.807) is 37.0 Å². The molecule has 0 saturated carbocycles. The Hall–Kier alpha value is -2.48. The number of carbonyl (C=O) groups excluding carboxylic acids is 3. The zero-order valence-electron chi connectivity index (χ0n) is 12.6. The lowest BCUT2D eigenvalue weighted by Crippen LogP contribution is -2.24. The first-order chi connectivity index (χ1) is 10.4. The molecule has 1 amide bonds. The van der Waals surface area contributed by atoms with Crippen LogP contribution in [0.4, 0.5) is 5.69 Å². The standard InChI is InChI=1S/C14H15N3O4S/c1-7-10(8(2)17(3)16-7)11(18)13(19)15-9-5-6-22-12(9)14(20)21-4/h5-6H,1-4H3,(H,15,19). The predicted molar refractivity (Wildman–Crippen MR) is 81.3 cm³/mol. The molecular formula is C14H15N3O4S. The van der Waals surface area contributed by atoms with Crippen LogP contribution in [0.15, 0.2) is 11.4 Å². The SMILES string of the molecule is COC(=O)c1sccc1NC(=O)C(=O)c1c(C)nn(C)c1C. The highest BCUT2D eigenvalue weighted by atomic mass is 32.1. The van der Waals surface area contributed by atoms with Crippen LogP contribution in [0.25, 0.3) is 0 Å². The lowest BCUT2D eigenvalue weighted by molar-refractivity contribution is -0.112. The van der Waals surface area contributed by atoms with Crippen molar-refractivity contribution in [2.24, 2.45) is 7.05 Å². The molecule has 0 atom stereocenters. The van der Waals surface area contributed by atoms with E-state index in [1.165, 1.54) is 7.11 Å². The number of thiophene rings is 1. The number of nitrogens with one attached hydrogen (secondary N) is 1. The molecule has 0 aliphatic rings. The van der Waals surface area contributed by atoms with Crippen molar-refractivity contribution in [3.05, 3.63) is 33.3 Å². The highest BCUT2D eigenvalue weighted by Gasteiger charge is 2.25. The molecule has 0 saturated heterocycles. The predicted octanol–water partition coefficient (Wildman–Crippen LogP) is 1.71. The van der Waals surface area contributed by atoms with Gasteiger partial charge in [0.05, 0.1) is 24.1 Å². The van der Waals surface area contributed by atoms with Gasteiger partial charge in [0.2, 0.25) is 0 Å². The van der Waals surface area contributed by atoms with E-state index >= 15 is 0 Å². The number of ketones is 1. The minimum atomic E-state index is -0.817. The van der Waals surface area contributed by atoms with E-state index in [9.17, 15) is 14.4 Å². The van der Waals surface area contributed by atoms with E-state index in [4.69, 9.17) is 0 Å². The smallest absolute Gasteiger partial charge is 0.350 e. The lowest BCUT2D eigenvalue weighted by atomic mass is 10.1. The zero-order valence-corrected chi connectivity index (χ0v) is 13.4. The van der Waals surface area contributed by atoms with Gasteiger partial charge in [0, 0.05) is 12.7 Å². The molecule has 0 unspecified atom stereocenters. The first kappa shape index (κ1) is 15.9. The topological polar surface area (TPSA) is 90.3 Å². The van der Waals surface area contributed by atoms with Crippen LogP contribution in [0, 0.1) is 13.8 Å². The van der Waals surface area contributed by atoms with E-state index in [1.807, 2.05) is 0 Å². The number of aryl methyl sites for hydroxylation is 2. The maximum Gasteiger partial charge on any atom is 0.350 e. The van der Waals surface area contributed by atoms with Crippen LogP contribution in [-0.4, -0.2) is 34.6 Å². The second-order valence-electron chi connectivity index (χ2n) is 4.61. The number of hydrogen-bond donors (Lipinski definition) is 1. The highest BCUT2D eigenvalue weighted by molar-refractivity contribution is 7.12. The summed E-state index contributed by atoms with van der Waals surface area (Å²) in [5.41, 5.74) is 1.62. The van der Waals surface area contributed by atoms with Crippen molar-refractivity contribution in [1.29, 1.82) is 0 Å². The van der Waals surface area contributed by atoms with Crippen molar-refractivity contribution in [2.75, 3.05) is 12.4 Å². The number of hydrogen-bond acceptors (Lipinski definition) is 6. The number of nitrogens with zero attached hydrogens (tertiary/aromatic N) is 2.